The van der Waals surface area contributed by atoms with Crippen LogP contribution in [0.4, 0.5) is 13.2 Å². The molecule has 120 valence electrons. The van der Waals surface area contributed by atoms with Crippen LogP contribution < -0.4 is 4.74 Å². The number of benzene rings is 2. The highest BCUT2D eigenvalue weighted by molar-refractivity contribution is 5.94. The molecule has 8 heteroatoms. The number of aromatic carboxylic acids is 2. The van der Waals surface area contributed by atoms with Gasteiger partial charge < -0.3 is 14.9 Å². The van der Waals surface area contributed by atoms with Gasteiger partial charge >= 0.3 is 18.1 Å². The van der Waals surface area contributed by atoms with E-state index in [1.165, 1.54) is 0 Å². The lowest BCUT2D eigenvalue weighted by Gasteiger charge is -2.11. The molecule has 0 radical (unpaired) electrons. The third-order valence-electron chi connectivity index (χ3n) is 2.87. The molecule has 0 aliphatic heterocycles. The van der Waals surface area contributed by atoms with Crippen molar-refractivity contribution in [1.29, 1.82) is 0 Å². The molecule has 0 spiro atoms. The first-order valence-corrected chi connectivity index (χ1v) is 6.14. The van der Waals surface area contributed by atoms with Crippen LogP contribution in [0.3, 0.4) is 0 Å². The van der Waals surface area contributed by atoms with Gasteiger partial charge in [-0.25, -0.2) is 9.59 Å². The fraction of sp³-hybridized carbons (Fsp3) is 0.0667. The van der Waals surface area contributed by atoms with E-state index < -0.39 is 23.7 Å². The van der Waals surface area contributed by atoms with Crippen molar-refractivity contribution in [3.8, 4) is 11.5 Å². The molecule has 0 aromatic heterocycles. The largest absolute Gasteiger partial charge is 0.478 e. The van der Waals surface area contributed by atoms with Gasteiger partial charge in [-0.3, -0.25) is 0 Å². The van der Waals surface area contributed by atoms with Gasteiger partial charge in [0.15, 0.2) is 0 Å². The van der Waals surface area contributed by atoms with Gasteiger partial charge in [-0.05, 0) is 42.5 Å². The fourth-order valence-electron chi connectivity index (χ4n) is 1.76. The van der Waals surface area contributed by atoms with E-state index in [2.05, 4.69) is 0 Å². The maximum Gasteiger partial charge on any atom is 0.416 e. The highest BCUT2D eigenvalue weighted by Crippen LogP contribution is 2.32. The van der Waals surface area contributed by atoms with E-state index in [0.717, 1.165) is 42.5 Å². The van der Waals surface area contributed by atoms with Gasteiger partial charge in [0, 0.05) is 0 Å². The van der Waals surface area contributed by atoms with Gasteiger partial charge in [-0.1, -0.05) is 0 Å². The summed E-state index contributed by atoms with van der Waals surface area (Å²) in [6, 6.07) is 6.71. The van der Waals surface area contributed by atoms with Gasteiger partial charge in [-0.2, -0.15) is 13.2 Å². The van der Waals surface area contributed by atoms with Gasteiger partial charge in [0.25, 0.3) is 0 Å². The average molecular weight is 326 g/mol. The van der Waals surface area contributed by atoms with Crippen molar-refractivity contribution in [2.45, 2.75) is 6.18 Å². The van der Waals surface area contributed by atoms with Crippen LogP contribution in [0.15, 0.2) is 42.5 Å². The smallest absolute Gasteiger partial charge is 0.416 e. The third-order valence-corrected chi connectivity index (χ3v) is 2.87. The van der Waals surface area contributed by atoms with Gasteiger partial charge in [0.1, 0.15) is 17.1 Å². The Balaban J connectivity index is 2.36. The zero-order chi connectivity index (χ0) is 17.2. The number of alkyl halides is 3. The van der Waals surface area contributed by atoms with Crippen LogP contribution in [0, 0.1) is 0 Å². The molecule has 0 aliphatic carbocycles. The van der Waals surface area contributed by atoms with Crippen molar-refractivity contribution < 1.29 is 37.7 Å². The second kappa shape index (κ2) is 5.99. The van der Waals surface area contributed by atoms with Gasteiger partial charge in [0.2, 0.25) is 0 Å². The van der Waals surface area contributed by atoms with E-state index in [4.69, 9.17) is 14.9 Å². The third kappa shape index (κ3) is 3.79. The molecule has 2 N–H and O–H groups in total. The number of rotatable bonds is 4. The summed E-state index contributed by atoms with van der Waals surface area (Å²) in [5.41, 5.74) is -1.41. The van der Waals surface area contributed by atoms with Crippen LogP contribution in [0.25, 0.3) is 0 Å². The van der Waals surface area contributed by atoms with Crippen LogP contribution >= 0.6 is 0 Å². The first-order chi connectivity index (χ1) is 10.7. The van der Waals surface area contributed by atoms with E-state index in [9.17, 15) is 22.8 Å². The average Bonchev–Trinajstić information content (AvgIpc) is 2.46. The molecule has 23 heavy (non-hydrogen) atoms. The minimum absolute atomic E-state index is 0.0527. The fourth-order valence-corrected chi connectivity index (χ4v) is 1.76. The highest BCUT2D eigenvalue weighted by atomic mass is 19.4. The van der Waals surface area contributed by atoms with E-state index in [1.807, 2.05) is 0 Å². The Labute approximate surface area is 127 Å². The Bertz CT molecular complexity index is 751. The highest BCUT2D eigenvalue weighted by Gasteiger charge is 2.30. The predicted octanol–water partition coefficient (Wildman–Crippen LogP) is 3.89. The zero-order valence-corrected chi connectivity index (χ0v) is 11.3. The number of hydrogen-bond donors (Lipinski definition) is 2. The predicted molar refractivity (Wildman–Crippen MR) is 71.9 cm³/mol. The summed E-state index contributed by atoms with van der Waals surface area (Å²) >= 11 is 0. The van der Waals surface area contributed by atoms with E-state index >= 15 is 0 Å². The van der Waals surface area contributed by atoms with Crippen molar-refractivity contribution in [2.75, 3.05) is 0 Å². The molecule has 0 saturated heterocycles. The number of halogens is 3. The molecule has 0 fully saturated rings. The summed E-state index contributed by atoms with van der Waals surface area (Å²) in [4.78, 5) is 22.0. The number of hydrogen-bond acceptors (Lipinski definition) is 3. The molecule has 5 nitrogen and oxygen atoms in total. The lowest BCUT2D eigenvalue weighted by atomic mass is 10.1. The number of ether oxygens (including phenoxy) is 1. The van der Waals surface area contributed by atoms with Crippen LogP contribution in [0.5, 0.6) is 11.5 Å². The quantitative estimate of drug-likeness (QED) is 0.890. The van der Waals surface area contributed by atoms with Crippen LogP contribution in [-0.2, 0) is 6.18 Å². The molecule has 0 heterocycles. The Morgan fingerprint density at radius 1 is 0.913 bits per heavy atom. The Hall–Kier alpha value is -3.03. The second-order valence-electron chi connectivity index (χ2n) is 4.45. The van der Waals surface area contributed by atoms with E-state index in [0.29, 0.717) is 0 Å². The molecule has 0 bridgehead atoms. The first-order valence-electron chi connectivity index (χ1n) is 6.14. The topological polar surface area (TPSA) is 83.8 Å². The van der Waals surface area contributed by atoms with Gasteiger partial charge in [0.05, 0.1) is 11.1 Å². The Morgan fingerprint density at radius 2 is 1.52 bits per heavy atom. The monoisotopic (exact) mass is 326 g/mol. The Kier molecular flexibility index (Phi) is 4.26. The molecule has 0 amide bonds. The second-order valence-corrected chi connectivity index (χ2v) is 4.45. The summed E-state index contributed by atoms with van der Waals surface area (Å²) in [5, 5.41) is 18.0. The number of carbonyl (C=O) groups is 2. The SMILES string of the molecule is O=C(O)c1ccc(C(=O)O)c(Oc2ccc(C(F)(F)F)cc2)c1. The molecular formula is C15H9F3O5. The van der Waals surface area contributed by atoms with Crippen molar-refractivity contribution >= 4 is 11.9 Å². The van der Waals surface area contributed by atoms with Crippen molar-refractivity contribution in [3.05, 3.63) is 59.2 Å². The lowest BCUT2D eigenvalue weighted by Crippen LogP contribution is -2.05. The first kappa shape index (κ1) is 16.3. The standard InChI is InChI=1S/C15H9F3O5/c16-15(17,18)9-2-4-10(5-3-9)23-12-7-8(13(19)20)1-6-11(12)14(21)22/h1-7H,(H,19,20)(H,21,22). The summed E-state index contributed by atoms with van der Waals surface area (Å²) in [5.74, 6) is -2.98. The molecule has 0 atom stereocenters. The zero-order valence-electron chi connectivity index (χ0n) is 11.3. The molecule has 2 aromatic carbocycles. The molecule has 2 rings (SSSR count). The van der Waals surface area contributed by atoms with Crippen molar-refractivity contribution in [3.63, 3.8) is 0 Å². The van der Waals surface area contributed by atoms with Crippen molar-refractivity contribution in [2.24, 2.45) is 0 Å². The van der Waals surface area contributed by atoms with E-state index in [-0.39, 0.29) is 22.6 Å². The minimum atomic E-state index is -4.51. The maximum atomic E-state index is 12.5. The summed E-state index contributed by atoms with van der Waals surface area (Å²) in [6.45, 7) is 0. The molecular weight excluding hydrogens is 317 g/mol. The van der Waals surface area contributed by atoms with Crippen LogP contribution in [0.1, 0.15) is 26.3 Å². The summed E-state index contributed by atoms with van der Waals surface area (Å²) < 4.78 is 42.6. The lowest BCUT2D eigenvalue weighted by molar-refractivity contribution is -0.137. The molecule has 0 unspecified atom stereocenters. The number of carboxylic acid groups (broad SMARTS) is 2. The van der Waals surface area contributed by atoms with Crippen LogP contribution in [-0.4, -0.2) is 22.2 Å². The number of carboxylic acids is 2. The summed E-state index contributed by atoms with van der Waals surface area (Å²) in [6.07, 6.45) is -4.51. The minimum Gasteiger partial charge on any atom is -0.478 e. The molecule has 0 aliphatic rings. The molecule has 2 aromatic rings. The molecule has 0 saturated carbocycles. The maximum absolute atomic E-state index is 12.5. The Morgan fingerprint density at radius 3 is 2.00 bits per heavy atom. The van der Waals surface area contributed by atoms with E-state index in [1.54, 1.807) is 0 Å². The van der Waals surface area contributed by atoms with Crippen molar-refractivity contribution in [1.82, 2.24) is 0 Å². The summed E-state index contributed by atoms with van der Waals surface area (Å²) in [7, 11) is 0. The normalized spacial score (nSPS) is 11.1. The van der Waals surface area contributed by atoms with Crippen LogP contribution in [0.2, 0.25) is 0 Å². The van der Waals surface area contributed by atoms with Gasteiger partial charge in [-0.15, -0.1) is 0 Å².